The lowest BCUT2D eigenvalue weighted by Gasteiger charge is -2.35. The van der Waals surface area contributed by atoms with Crippen molar-refractivity contribution in [1.82, 2.24) is 4.90 Å². The second kappa shape index (κ2) is 6.44. The molecule has 100 valence electrons. The van der Waals surface area contributed by atoms with Crippen LogP contribution in [0, 0.1) is 5.41 Å². The number of hydrogen-bond acceptors (Lipinski definition) is 4. The van der Waals surface area contributed by atoms with Crippen molar-refractivity contribution >= 4 is 11.7 Å². The lowest BCUT2D eigenvalue weighted by molar-refractivity contribution is -0.140. The van der Waals surface area contributed by atoms with Gasteiger partial charge in [0.15, 0.2) is 5.84 Å². The number of aliphatic hydroxyl groups is 1. The standard InChI is InChI=1S/C11H23N3O3/c1-5-11(6-2,9(12)13-17)10(16)14(4)8(3)7-15/h8,15,17H,5-7H2,1-4H3,(H2,12,13). The van der Waals surface area contributed by atoms with Gasteiger partial charge >= 0.3 is 0 Å². The Balaban J connectivity index is 5.28. The fourth-order valence-corrected chi connectivity index (χ4v) is 1.78. The van der Waals surface area contributed by atoms with Gasteiger partial charge in [-0.05, 0) is 19.8 Å². The van der Waals surface area contributed by atoms with E-state index in [1.807, 2.05) is 13.8 Å². The summed E-state index contributed by atoms with van der Waals surface area (Å²) in [6.45, 7) is 5.25. The maximum atomic E-state index is 12.4. The number of oxime groups is 1. The molecule has 0 fully saturated rings. The Kier molecular flexibility index (Phi) is 5.95. The molecule has 4 N–H and O–H groups in total. The van der Waals surface area contributed by atoms with Gasteiger partial charge in [-0.15, -0.1) is 0 Å². The second-order valence-electron chi connectivity index (χ2n) is 4.22. The van der Waals surface area contributed by atoms with E-state index in [-0.39, 0.29) is 24.4 Å². The molecule has 17 heavy (non-hydrogen) atoms. The van der Waals surface area contributed by atoms with Crippen LogP contribution >= 0.6 is 0 Å². The Labute approximate surface area is 102 Å². The predicted molar refractivity (Wildman–Crippen MR) is 65.7 cm³/mol. The fourth-order valence-electron chi connectivity index (χ4n) is 1.78. The zero-order chi connectivity index (χ0) is 13.6. The molecular weight excluding hydrogens is 222 g/mol. The molecule has 1 atom stereocenters. The molecular formula is C11H23N3O3. The molecule has 0 heterocycles. The van der Waals surface area contributed by atoms with Crippen LogP contribution in [0.15, 0.2) is 5.16 Å². The Morgan fingerprint density at radius 1 is 1.47 bits per heavy atom. The summed E-state index contributed by atoms with van der Waals surface area (Å²) in [5, 5.41) is 20.8. The predicted octanol–water partition coefficient (Wildman–Crippen LogP) is 0.378. The van der Waals surface area contributed by atoms with E-state index >= 15 is 0 Å². The highest BCUT2D eigenvalue weighted by molar-refractivity contribution is 6.06. The molecule has 0 spiro atoms. The highest BCUT2D eigenvalue weighted by atomic mass is 16.4. The highest BCUT2D eigenvalue weighted by Crippen LogP contribution is 2.29. The van der Waals surface area contributed by atoms with Gasteiger partial charge in [0.2, 0.25) is 5.91 Å². The van der Waals surface area contributed by atoms with Gasteiger partial charge in [0, 0.05) is 7.05 Å². The largest absolute Gasteiger partial charge is 0.409 e. The first-order valence-corrected chi connectivity index (χ1v) is 5.77. The summed E-state index contributed by atoms with van der Waals surface area (Å²) in [6, 6.07) is -0.300. The van der Waals surface area contributed by atoms with Crippen LogP contribution in [0.5, 0.6) is 0 Å². The minimum Gasteiger partial charge on any atom is -0.409 e. The number of rotatable bonds is 6. The zero-order valence-corrected chi connectivity index (χ0v) is 11.0. The first-order valence-electron chi connectivity index (χ1n) is 5.77. The Morgan fingerprint density at radius 2 is 1.94 bits per heavy atom. The Morgan fingerprint density at radius 3 is 2.24 bits per heavy atom. The van der Waals surface area contributed by atoms with E-state index in [1.165, 1.54) is 4.90 Å². The van der Waals surface area contributed by atoms with Gasteiger partial charge in [-0.2, -0.15) is 0 Å². The average molecular weight is 245 g/mol. The fraction of sp³-hybridized carbons (Fsp3) is 0.818. The van der Waals surface area contributed by atoms with Crippen LogP contribution in [0.3, 0.4) is 0 Å². The van der Waals surface area contributed by atoms with E-state index in [1.54, 1.807) is 14.0 Å². The SMILES string of the molecule is CCC(CC)(C(=O)N(C)C(C)CO)C(N)=NO. The minimum absolute atomic E-state index is 0.0792. The second-order valence-corrected chi connectivity index (χ2v) is 4.22. The van der Waals surface area contributed by atoms with Gasteiger partial charge in [0.1, 0.15) is 5.41 Å². The van der Waals surface area contributed by atoms with Crippen molar-refractivity contribution in [3.05, 3.63) is 0 Å². The van der Waals surface area contributed by atoms with Crippen molar-refractivity contribution in [3.8, 4) is 0 Å². The number of hydrogen-bond donors (Lipinski definition) is 3. The number of carbonyl (C=O) groups is 1. The number of amides is 1. The number of nitrogens with zero attached hydrogens (tertiary/aromatic N) is 2. The van der Waals surface area contributed by atoms with Crippen molar-refractivity contribution in [2.75, 3.05) is 13.7 Å². The first kappa shape index (κ1) is 15.7. The summed E-state index contributed by atoms with van der Waals surface area (Å²) in [4.78, 5) is 13.8. The van der Waals surface area contributed by atoms with Gasteiger partial charge in [-0.25, -0.2) is 0 Å². The van der Waals surface area contributed by atoms with Crippen molar-refractivity contribution in [2.45, 2.75) is 39.7 Å². The van der Waals surface area contributed by atoms with Crippen molar-refractivity contribution in [1.29, 1.82) is 0 Å². The van der Waals surface area contributed by atoms with Crippen LogP contribution in [0.4, 0.5) is 0 Å². The van der Waals surface area contributed by atoms with Crippen LogP contribution in [-0.4, -0.2) is 46.7 Å². The Bertz CT molecular complexity index is 288. The van der Waals surface area contributed by atoms with E-state index < -0.39 is 5.41 Å². The summed E-state index contributed by atoms with van der Waals surface area (Å²) in [6.07, 6.45) is 0.890. The summed E-state index contributed by atoms with van der Waals surface area (Å²) in [5.74, 6) is -0.316. The van der Waals surface area contributed by atoms with Crippen LogP contribution < -0.4 is 5.73 Å². The number of nitrogens with two attached hydrogens (primary N) is 1. The maximum Gasteiger partial charge on any atom is 0.236 e. The summed E-state index contributed by atoms with van der Waals surface area (Å²) in [7, 11) is 1.61. The molecule has 0 aliphatic carbocycles. The van der Waals surface area contributed by atoms with Crippen LogP contribution in [0.2, 0.25) is 0 Å². The molecule has 0 aromatic rings. The molecule has 0 aromatic carbocycles. The van der Waals surface area contributed by atoms with Gasteiger partial charge in [0.05, 0.1) is 12.6 Å². The van der Waals surface area contributed by atoms with E-state index in [2.05, 4.69) is 5.16 Å². The summed E-state index contributed by atoms with van der Waals surface area (Å²) in [5.41, 5.74) is 4.65. The van der Waals surface area contributed by atoms with Crippen molar-refractivity contribution in [2.24, 2.45) is 16.3 Å². The third kappa shape index (κ3) is 2.88. The lowest BCUT2D eigenvalue weighted by atomic mass is 9.79. The maximum absolute atomic E-state index is 12.4. The quantitative estimate of drug-likeness (QED) is 0.272. The third-order valence-corrected chi connectivity index (χ3v) is 3.46. The molecule has 6 heteroatoms. The van der Waals surface area contributed by atoms with E-state index in [0.29, 0.717) is 12.8 Å². The molecule has 0 bridgehead atoms. The highest BCUT2D eigenvalue weighted by Gasteiger charge is 2.42. The van der Waals surface area contributed by atoms with E-state index in [0.717, 1.165) is 0 Å². The molecule has 1 amide bonds. The molecule has 0 aliphatic heterocycles. The monoisotopic (exact) mass is 245 g/mol. The molecule has 0 rings (SSSR count). The zero-order valence-electron chi connectivity index (χ0n) is 11.0. The number of amidine groups is 1. The van der Waals surface area contributed by atoms with Crippen molar-refractivity contribution < 1.29 is 15.1 Å². The smallest absolute Gasteiger partial charge is 0.236 e. The third-order valence-electron chi connectivity index (χ3n) is 3.46. The minimum atomic E-state index is -0.993. The topological polar surface area (TPSA) is 99.2 Å². The van der Waals surface area contributed by atoms with Crippen LogP contribution in [0.25, 0.3) is 0 Å². The number of carbonyl (C=O) groups excluding carboxylic acids is 1. The average Bonchev–Trinajstić information content (AvgIpc) is 2.38. The molecule has 0 radical (unpaired) electrons. The molecule has 6 nitrogen and oxygen atoms in total. The number of aliphatic hydroxyl groups excluding tert-OH is 1. The summed E-state index contributed by atoms with van der Waals surface area (Å²) < 4.78 is 0. The molecule has 0 aromatic heterocycles. The van der Waals surface area contributed by atoms with E-state index in [4.69, 9.17) is 16.0 Å². The molecule has 0 aliphatic rings. The molecule has 0 saturated carbocycles. The van der Waals surface area contributed by atoms with Gasteiger partial charge in [-0.3, -0.25) is 4.79 Å². The van der Waals surface area contributed by atoms with E-state index in [9.17, 15) is 4.79 Å². The van der Waals surface area contributed by atoms with Crippen LogP contribution in [-0.2, 0) is 4.79 Å². The van der Waals surface area contributed by atoms with Gasteiger partial charge in [0.25, 0.3) is 0 Å². The van der Waals surface area contributed by atoms with Crippen LogP contribution in [0.1, 0.15) is 33.6 Å². The summed E-state index contributed by atoms with van der Waals surface area (Å²) >= 11 is 0. The Hall–Kier alpha value is -1.30. The lowest BCUT2D eigenvalue weighted by Crippen LogP contribution is -2.52. The van der Waals surface area contributed by atoms with Gasteiger partial charge < -0.3 is 20.9 Å². The normalized spacial score (nSPS) is 14.5. The first-order chi connectivity index (χ1) is 7.91. The van der Waals surface area contributed by atoms with Crippen molar-refractivity contribution in [3.63, 3.8) is 0 Å². The molecule has 0 saturated heterocycles. The van der Waals surface area contributed by atoms with Gasteiger partial charge in [-0.1, -0.05) is 19.0 Å². The number of likely N-dealkylation sites (N-methyl/N-ethyl adjacent to an activating group) is 1. The molecule has 1 unspecified atom stereocenters.